The summed E-state index contributed by atoms with van der Waals surface area (Å²) >= 11 is 0. The van der Waals surface area contributed by atoms with Crippen molar-refractivity contribution in [1.82, 2.24) is 10.2 Å². The minimum Gasteiger partial charge on any atom is -0.394 e. The van der Waals surface area contributed by atoms with Crippen molar-refractivity contribution in [3.05, 3.63) is 0 Å². The van der Waals surface area contributed by atoms with Crippen LogP contribution in [0.1, 0.15) is 39.0 Å². The molecule has 0 saturated heterocycles. The van der Waals surface area contributed by atoms with Crippen LogP contribution in [-0.2, 0) is 0 Å². The Labute approximate surface area is 92.8 Å². The lowest BCUT2D eigenvalue weighted by molar-refractivity contribution is 0.148. The number of nitrogens with zero attached hydrogens (tertiary/aromatic N) is 1. The second kappa shape index (κ2) is 4.40. The average Bonchev–Trinajstić information content (AvgIpc) is 3.05. The molecule has 2 fully saturated rings. The normalized spacial score (nSPS) is 25.6. The molecule has 15 heavy (non-hydrogen) atoms. The van der Waals surface area contributed by atoms with Crippen LogP contribution in [0.2, 0.25) is 0 Å². The molecule has 2 saturated carbocycles. The predicted octanol–water partition coefficient (Wildman–Crippen LogP) is 0.974. The molecule has 88 valence electrons. The van der Waals surface area contributed by atoms with Gasteiger partial charge in [0.05, 0.1) is 6.61 Å². The number of aliphatic hydroxyl groups excluding tert-OH is 1. The lowest BCUT2D eigenvalue weighted by atomic mass is 9.98. The lowest BCUT2D eigenvalue weighted by Gasteiger charge is -2.31. The highest BCUT2D eigenvalue weighted by molar-refractivity contribution is 4.93. The summed E-state index contributed by atoms with van der Waals surface area (Å²) in [6, 6.07) is 1.50. The standard InChI is InChI=1S/C12H24N2O/c1-12(9-15,13-10-3-4-10)7-8-14(2)11-5-6-11/h10-11,13,15H,3-9H2,1-2H3. The molecule has 1 atom stereocenters. The van der Waals surface area contributed by atoms with Crippen LogP contribution in [0, 0.1) is 0 Å². The SMILES string of the molecule is CN(CCC(C)(CO)NC1CC1)C1CC1. The van der Waals surface area contributed by atoms with E-state index >= 15 is 0 Å². The maximum atomic E-state index is 9.45. The fourth-order valence-electron chi connectivity index (χ4n) is 2.04. The van der Waals surface area contributed by atoms with Crippen LogP contribution < -0.4 is 5.32 Å². The van der Waals surface area contributed by atoms with Crippen molar-refractivity contribution in [3.8, 4) is 0 Å². The molecule has 1 unspecified atom stereocenters. The monoisotopic (exact) mass is 212 g/mol. The van der Waals surface area contributed by atoms with Gasteiger partial charge in [0.25, 0.3) is 0 Å². The third kappa shape index (κ3) is 3.44. The van der Waals surface area contributed by atoms with Gasteiger partial charge in [-0.1, -0.05) is 0 Å². The Balaban J connectivity index is 1.72. The summed E-state index contributed by atoms with van der Waals surface area (Å²) in [5, 5.41) is 13.0. The molecule has 0 bridgehead atoms. The Bertz CT molecular complexity index is 214. The Kier molecular flexibility index (Phi) is 3.33. The molecule has 2 aliphatic rings. The third-order valence-electron chi connectivity index (χ3n) is 3.67. The largest absolute Gasteiger partial charge is 0.394 e. The molecular formula is C12H24N2O. The van der Waals surface area contributed by atoms with Gasteiger partial charge in [-0.15, -0.1) is 0 Å². The Morgan fingerprint density at radius 1 is 1.33 bits per heavy atom. The van der Waals surface area contributed by atoms with Gasteiger partial charge in [0, 0.05) is 17.6 Å². The van der Waals surface area contributed by atoms with Gasteiger partial charge in [0.1, 0.15) is 0 Å². The van der Waals surface area contributed by atoms with E-state index in [1.54, 1.807) is 0 Å². The maximum absolute atomic E-state index is 9.45. The fourth-order valence-corrected chi connectivity index (χ4v) is 2.04. The molecule has 0 radical (unpaired) electrons. The van der Waals surface area contributed by atoms with E-state index in [9.17, 15) is 5.11 Å². The van der Waals surface area contributed by atoms with Crippen LogP contribution in [0.5, 0.6) is 0 Å². The van der Waals surface area contributed by atoms with Gasteiger partial charge in [0.15, 0.2) is 0 Å². The number of rotatable bonds is 7. The first kappa shape index (κ1) is 11.4. The topological polar surface area (TPSA) is 35.5 Å². The Hall–Kier alpha value is -0.120. The Morgan fingerprint density at radius 2 is 2.00 bits per heavy atom. The zero-order valence-corrected chi connectivity index (χ0v) is 10.00. The van der Waals surface area contributed by atoms with Gasteiger partial charge in [0.2, 0.25) is 0 Å². The predicted molar refractivity (Wildman–Crippen MR) is 61.9 cm³/mol. The van der Waals surface area contributed by atoms with Crippen molar-refractivity contribution < 1.29 is 5.11 Å². The van der Waals surface area contributed by atoms with E-state index in [1.165, 1.54) is 25.7 Å². The van der Waals surface area contributed by atoms with E-state index in [0.29, 0.717) is 6.04 Å². The molecule has 0 aromatic rings. The van der Waals surface area contributed by atoms with Crippen LogP contribution in [-0.4, -0.2) is 47.8 Å². The van der Waals surface area contributed by atoms with Crippen molar-refractivity contribution in [2.45, 2.75) is 56.7 Å². The molecule has 2 aliphatic carbocycles. The molecule has 0 aliphatic heterocycles. The van der Waals surface area contributed by atoms with E-state index in [2.05, 4.69) is 24.2 Å². The number of nitrogens with one attached hydrogen (secondary N) is 1. The zero-order chi connectivity index (χ0) is 10.9. The van der Waals surface area contributed by atoms with Crippen molar-refractivity contribution >= 4 is 0 Å². The summed E-state index contributed by atoms with van der Waals surface area (Å²) in [5.74, 6) is 0. The van der Waals surface area contributed by atoms with Crippen LogP contribution in [0.15, 0.2) is 0 Å². The van der Waals surface area contributed by atoms with Crippen LogP contribution in [0.25, 0.3) is 0 Å². The van der Waals surface area contributed by atoms with Crippen LogP contribution in [0.3, 0.4) is 0 Å². The quantitative estimate of drug-likeness (QED) is 0.660. The number of hydrogen-bond donors (Lipinski definition) is 2. The molecule has 3 heteroatoms. The minimum atomic E-state index is -0.0652. The summed E-state index contributed by atoms with van der Waals surface area (Å²) in [7, 11) is 2.20. The van der Waals surface area contributed by atoms with Crippen molar-refractivity contribution in [2.75, 3.05) is 20.2 Å². The molecule has 2 rings (SSSR count). The van der Waals surface area contributed by atoms with Crippen LogP contribution in [0.4, 0.5) is 0 Å². The third-order valence-corrected chi connectivity index (χ3v) is 3.67. The Morgan fingerprint density at radius 3 is 2.47 bits per heavy atom. The first-order chi connectivity index (χ1) is 7.13. The second-order valence-corrected chi connectivity index (χ2v) is 5.60. The first-order valence-corrected chi connectivity index (χ1v) is 6.22. The average molecular weight is 212 g/mol. The summed E-state index contributed by atoms with van der Waals surface area (Å²) in [6.45, 7) is 3.50. The molecule has 0 amide bonds. The van der Waals surface area contributed by atoms with Gasteiger partial charge in [-0.3, -0.25) is 0 Å². The molecule has 0 spiro atoms. The van der Waals surface area contributed by atoms with Gasteiger partial charge < -0.3 is 15.3 Å². The number of hydrogen-bond acceptors (Lipinski definition) is 3. The molecule has 2 N–H and O–H groups in total. The summed E-state index contributed by atoms with van der Waals surface area (Å²) < 4.78 is 0. The van der Waals surface area contributed by atoms with Gasteiger partial charge in [-0.25, -0.2) is 0 Å². The molecule has 0 aromatic heterocycles. The first-order valence-electron chi connectivity index (χ1n) is 6.22. The highest BCUT2D eigenvalue weighted by atomic mass is 16.3. The summed E-state index contributed by atoms with van der Waals surface area (Å²) in [6.07, 6.45) is 6.35. The maximum Gasteiger partial charge on any atom is 0.0611 e. The highest BCUT2D eigenvalue weighted by Crippen LogP contribution is 2.27. The second-order valence-electron chi connectivity index (χ2n) is 5.60. The molecule has 0 heterocycles. The fraction of sp³-hybridized carbons (Fsp3) is 1.00. The van der Waals surface area contributed by atoms with Gasteiger partial charge in [-0.2, -0.15) is 0 Å². The zero-order valence-electron chi connectivity index (χ0n) is 10.00. The minimum absolute atomic E-state index is 0.0652. The van der Waals surface area contributed by atoms with E-state index in [-0.39, 0.29) is 12.1 Å². The van der Waals surface area contributed by atoms with Crippen molar-refractivity contribution in [3.63, 3.8) is 0 Å². The molecular weight excluding hydrogens is 188 g/mol. The smallest absolute Gasteiger partial charge is 0.0611 e. The van der Waals surface area contributed by atoms with Gasteiger partial charge in [-0.05, 0) is 52.6 Å². The van der Waals surface area contributed by atoms with Crippen molar-refractivity contribution in [2.24, 2.45) is 0 Å². The van der Waals surface area contributed by atoms with Crippen molar-refractivity contribution in [1.29, 1.82) is 0 Å². The van der Waals surface area contributed by atoms with E-state index in [4.69, 9.17) is 0 Å². The van der Waals surface area contributed by atoms with Gasteiger partial charge >= 0.3 is 0 Å². The van der Waals surface area contributed by atoms with Crippen LogP contribution >= 0.6 is 0 Å². The lowest BCUT2D eigenvalue weighted by Crippen LogP contribution is -2.49. The van der Waals surface area contributed by atoms with E-state index < -0.39 is 0 Å². The highest BCUT2D eigenvalue weighted by Gasteiger charge is 2.33. The number of aliphatic hydroxyl groups is 1. The van der Waals surface area contributed by atoms with E-state index in [0.717, 1.165) is 19.0 Å². The summed E-state index contributed by atoms with van der Waals surface area (Å²) in [4.78, 5) is 2.43. The molecule has 3 nitrogen and oxygen atoms in total. The molecule has 0 aromatic carbocycles. The summed E-state index contributed by atoms with van der Waals surface area (Å²) in [5.41, 5.74) is -0.0652. The van der Waals surface area contributed by atoms with E-state index in [1.807, 2.05) is 0 Å².